The molecular formula is C23H16FN3O3S. The van der Waals surface area contributed by atoms with Crippen LogP contribution in [0.25, 0.3) is 22.7 Å². The van der Waals surface area contributed by atoms with Gasteiger partial charge in [0.05, 0.1) is 16.6 Å². The van der Waals surface area contributed by atoms with Crippen LogP contribution in [0.3, 0.4) is 0 Å². The van der Waals surface area contributed by atoms with E-state index in [1.807, 2.05) is 25.1 Å². The quantitative estimate of drug-likeness (QED) is 0.359. The lowest BCUT2D eigenvalue weighted by Crippen LogP contribution is -2.09. The van der Waals surface area contributed by atoms with E-state index in [2.05, 4.69) is 16.0 Å². The van der Waals surface area contributed by atoms with Crippen molar-refractivity contribution < 1.29 is 17.0 Å². The molecule has 31 heavy (non-hydrogen) atoms. The molecule has 3 aromatic carbocycles. The predicted octanol–water partition coefficient (Wildman–Crippen LogP) is 4.84. The van der Waals surface area contributed by atoms with Gasteiger partial charge >= 0.3 is 10.1 Å². The van der Waals surface area contributed by atoms with Crippen molar-refractivity contribution in [2.75, 3.05) is 0 Å². The number of aromatic nitrogens is 2. The molecule has 1 N–H and O–H groups in total. The highest BCUT2D eigenvalue weighted by Crippen LogP contribution is 2.23. The number of aryl methyl sites for hydroxylation is 1. The Hall–Kier alpha value is -3.96. The number of nitrogens with zero attached hydrogens (tertiary/aromatic N) is 2. The molecule has 0 amide bonds. The number of hydrogen-bond acceptors (Lipinski definition) is 5. The fraction of sp³-hybridized carbons (Fsp3) is 0.0435. The maximum atomic E-state index is 13.0. The summed E-state index contributed by atoms with van der Waals surface area (Å²) in [6, 6.07) is 18.5. The van der Waals surface area contributed by atoms with Crippen molar-refractivity contribution in [1.29, 1.82) is 5.26 Å². The van der Waals surface area contributed by atoms with Crippen LogP contribution in [0, 0.1) is 24.1 Å². The first-order valence-corrected chi connectivity index (χ1v) is 10.6. The molecule has 0 bridgehead atoms. The van der Waals surface area contributed by atoms with Crippen molar-refractivity contribution in [2.24, 2.45) is 0 Å². The third kappa shape index (κ3) is 4.47. The van der Waals surface area contributed by atoms with Crippen LogP contribution in [-0.2, 0) is 10.1 Å². The fourth-order valence-corrected chi connectivity index (χ4v) is 3.90. The van der Waals surface area contributed by atoms with Crippen molar-refractivity contribution in [1.82, 2.24) is 9.97 Å². The molecule has 1 aromatic heterocycles. The predicted molar refractivity (Wildman–Crippen MR) is 115 cm³/mol. The summed E-state index contributed by atoms with van der Waals surface area (Å²) in [6.07, 6.45) is 1.64. The summed E-state index contributed by atoms with van der Waals surface area (Å²) in [4.78, 5) is 7.44. The van der Waals surface area contributed by atoms with Gasteiger partial charge in [-0.2, -0.15) is 13.7 Å². The maximum Gasteiger partial charge on any atom is 0.339 e. The second kappa shape index (κ2) is 8.05. The molecule has 0 spiro atoms. The minimum Gasteiger partial charge on any atom is -0.379 e. The van der Waals surface area contributed by atoms with Gasteiger partial charge in [0.1, 0.15) is 28.4 Å². The van der Waals surface area contributed by atoms with E-state index in [9.17, 15) is 18.1 Å². The molecule has 0 unspecified atom stereocenters. The zero-order chi connectivity index (χ0) is 22.0. The fourth-order valence-electron chi connectivity index (χ4n) is 2.97. The molecule has 1 heterocycles. The van der Waals surface area contributed by atoms with Gasteiger partial charge in [-0.25, -0.2) is 9.37 Å². The standard InChI is InChI=1S/C23H16FN3O3S/c1-15-2-11-21-22(12-15)27-23(26-21)17(14-25)13-16-3-7-19(8-4-16)30-31(28,29)20-9-5-18(24)6-10-20/h2-13H,1H3,(H,26,27). The normalized spacial score (nSPS) is 12.0. The van der Waals surface area contributed by atoms with Crippen molar-refractivity contribution in [3.05, 3.63) is 89.5 Å². The van der Waals surface area contributed by atoms with Crippen molar-refractivity contribution in [2.45, 2.75) is 11.8 Å². The van der Waals surface area contributed by atoms with Crippen molar-refractivity contribution in [3.8, 4) is 11.8 Å². The molecule has 6 nitrogen and oxygen atoms in total. The highest BCUT2D eigenvalue weighted by molar-refractivity contribution is 7.87. The molecule has 0 aliphatic rings. The monoisotopic (exact) mass is 433 g/mol. The first-order chi connectivity index (χ1) is 14.8. The average molecular weight is 433 g/mol. The summed E-state index contributed by atoms with van der Waals surface area (Å²) in [5, 5.41) is 9.56. The van der Waals surface area contributed by atoms with Gasteiger partial charge in [-0.15, -0.1) is 0 Å². The third-order valence-electron chi connectivity index (χ3n) is 4.51. The Morgan fingerprint density at radius 3 is 2.48 bits per heavy atom. The molecule has 154 valence electrons. The van der Waals surface area contributed by atoms with E-state index in [1.54, 1.807) is 18.2 Å². The number of benzene rings is 3. The van der Waals surface area contributed by atoms with Crippen LogP contribution in [0.4, 0.5) is 4.39 Å². The van der Waals surface area contributed by atoms with E-state index < -0.39 is 15.9 Å². The van der Waals surface area contributed by atoms with Crippen LogP contribution in [0.1, 0.15) is 17.0 Å². The van der Waals surface area contributed by atoms with Crippen LogP contribution >= 0.6 is 0 Å². The molecule has 8 heteroatoms. The van der Waals surface area contributed by atoms with Crippen molar-refractivity contribution >= 4 is 32.8 Å². The summed E-state index contributed by atoms with van der Waals surface area (Å²) in [5.74, 6) is 0.00415. The molecule has 0 radical (unpaired) electrons. The minimum absolute atomic E-state index is 0.0965. The molecule has 4 rings (SSSR count). The number of imidazole rings is 1. The van der Waals surface area contributed by atoms with Crippen molar-refractivity contribution in [3.63, 3.8) is 0 Å². The third-order valence-corrected chi connectivity index (χ3v) is 5.77. The number of nitriles is 1. The SMILES string of the molecule is Cc1ccc2nc(C(C#N)=Cc3ccc(OS(=O)(=O)c4ccc(F)cc4)cc3)[nH]c2c1. The Kier molecular flexibility index (Phi) is 5.28. The molecule has 0 saturated carbocycles. The van der Waals surface area contributed by atoms with Gasteiger partial charge in [0, 0.05) is 0 Å². The Balaban J connectivity index is 1.57. The van der Waals surface area contributed by atoms with E-state index in [0.717, 1.165) is 40.9 Å². The largest absolute Gasteiger partial charge is 0.379 e. The molecule has 0 aliphatic carbocycles. The van der Waals surface area contributed by atoms with E-state index in [4.69, 9.17) is 4.18 Å². The lowest BCUT2D eigenvalue weighted by molar-refractivity contribution is 0.486. The van der Waals surface area contributed by atoms with E-state index in [-0.39, 0.29) is 10.6 Å². The number of nitrogens with one attached hydrogen (secondary N) is 1. The van der Waals surface area contributed by atoms with Gasteiger partial charge in [0.25, 0.3) is 0 Å². The lowest BCUT2D eigenvalue weighted by Gasteiger charge is -2.07. The number of hydrogen-bond donors (Lipinski definition) is 1. The molecular weight excluding hydrogens is 417 g/mol. The second-order valence-corrected chi connectivity index (χ2v) is 8.38. The van der Waals surface area contributed by atoms with E-state index in [1.165, 1.54) is 12.1 Å². The number of fused-ring (bicyclic) bond motifs is 1. The first-order valence-electron chi connectivity index (χ1n) is 9.23. The summed E-state index contributed by atoms with van der Waals surface area (Å²) >= 11 is 0. The van der Waals surface area contributed by atoms with E-state index in [0.29, 0.717) is 17.0 Å². The molecule has 0 saturated heterocycles. The van der Waals surface area contributed by atoms with Crippen LogP contribution in [0.15, 0.2) is 71.6 Å². The second-order valence-electron chi connectivity index (χ2n) is 6.84. The zero-order valence-electron chi connectivity index (χ0n) is 16.3. The highest BCUT2D eigenvalue weighted by Gasteiger charge is 2.16. The van der Waals surface area contributed by atoms with E-state index >= 15 is 0 Å². The number of allylic oxidation sites excluding steroid dienone is 1. The summed E-state index contributed by atoms with van der Waals surface area (Å²) in [7, 11) is -4.08. The van der Waals surface area contributed by atoms with Gasteiger partial charge in [-0.3, -0.25) is 0 Å². The Labute approximate surface area is 178 Å². The minimum atomic E-state index is -4.08. The van der Waals surface area contributed by atoms with Crippen LogP contribution in [0.2, 0.25) is 0 Å². The number of H-pyrrole nitrogens is 1. The van der Waals surface area contributed by atoms with Gasteiger partial charge in [0.15, 0.2) is 0 Å². The first kappa shape index (κ1) is 20.3. The highest BCUT2D eigenvalue weighted by atomic mass is 32.2. The van der Waals surface area contributed by atoms with Gasteiger partial charge < -0.3 is 9.17 Å². The van der Waals surface area contributed by atoms with Crippen LogP contribution < -0.4 is 4.18 Å². The number of rotatable bonds is 5. The Morgan fingerprint density at radius 2 is 1.81 bits per heavy atom. The topological polar surface area (TPSA) is 95.8 Å². The van der Waals surface area contributed by atoms with Crippen LogP contribution in [-0.4, -0.2) is 18.4 Å². The average Bonchev–Trinajstić information content (AvgIpc) is 3.16. The van der Waals surface area contributed by atoms with Gasteiger partial charge in [-0.1, -0.05) is 18.2 Å². The smallest absolute Gasteiger partial charge is 0.339 e. The zero-order valence-corrected chi connectivity index (χ0v) is 17.2. The molecule has 0 fully saturated rings. The lowest BCUT2D eigenvalue weighted by atomic mass is 10.1. The Bertz CT molecular complexity index is 1430. The van der Waals surface area contributed by atoms with Gasteiger partial charge in [-0.05, 0) is 72.7 Å². The Morgan fingerprint density at radius 1 is 1.10 bits per heavy atom. The number of aromatic amines is 1. The van der Waals surface area contributed by atoms with Crippen LogP contribution in [0.5, 0.6) is 5.75 Å². The maximum absolute atomic E-state index is 13.0. The summed E-state index contributed by atoms with van der Waals surface area (Å²) in [6.45, 7) is 1.97. The number of halogens is 1. The summed E-state index contributed by atoms with van der Waals surface area (Å²) < 4.78 is 42.7. The molecule has 4 aromatic rings. The van der Waals surface area contributed by atoms with Gasteiger partial charge in [0.2, 0.25) is 0 Å². The molecule has 0 aliphatic heterocycles. The summed E-state index contributed by atoms with van der Waals surface area (Å²) in [5.41, 5.74) is 3.68. The molecule has 0 atom stereocenters.